The molecule has 4 rings (SSSR count). The molecule has 2 aromatic heterocycles. The topological polar surface area (TPSA) is 68.0 Å². The van der Waals surface area contributed by atoms with Crippen LogP contribution >= 0.6 is 11.3 Å². The molecule has 3 aromatic rings. The molecule has 0 atom stereocenters. The van der Waals surface area contributed by atoms with E-state index in [2.05, 4.69) is 24.4 Å². The lowest BCUT2D eigenvalue weighted by molar-refractivity contribution is 0.0943. The van der Waals surface area contributed by atoms with Crippen molar-refractivity contribution >= 4 is 44.1 Å². The van der Waals surface area contributed by atoms with Crippen LogP contribution in [0.1, 0.15) is 40.9 Å². The van der Waals surface area contributed by atoms with E-state index in [9.17, 15) is 4.79 Å². The highest BCUT2D eigenvalue weighted by Gasteiger charge is 2.22. The van der Waals surface area contributed by atoms with Crippen molar-refractivity contribution in [3.05, 3.63) is 34.7 Å². The van der Waals surface area contributed by atoms with Crippen LogP contribution in [0.5, 0.6) is 0 Å². The maximum absolute atomic E-state index is 12.5. The van der Waals surface area contributed by atoms with Crippen molar-refractivity contribution in [1.82, 2.24) is 10.3 Å². The lowest BCUT2D eigenvalue weighted by atomic mass is 10.1. The summed E-state index contributed by atoms with van der Waals surface area (Å²) in [6, 6.07) is 8.50. The summed E-state index contributed by atoms with van der Waals surface area (Å²) in [5.41, 5.74) is 8.92. The molecule has 0 unspecified atom stereocenters. The van der Waals surface area contributed by atoms with Crippen LogP contribution in [-0.2, 0) is 0 Å². The number of hydrogen-bond donors (Lipinski definition) is 2. The fourth-order valence-electron chi connectivity index (χ4n) is 3.29. The molecule has 4 nitrogen and oxygen atoms in total. The van der Waals surface area contributed by atoms with Crippen molar-refractivity contribution in [2.75, 3.05) is 5.73 Å². The number of aryl methyl sites for hydroxylation is 1. The van der Waals surface area contributed by atoms with Crippen LogP contribution in [0.2, 0.25) is 0 Å². The van der Waals surface area contributed by atoms with Crippen LogP contribution < -0.4 is 11.1 Å². The summed E-state index contributed by atoms with van der Waals surface area (Å²) in [5, 5.41) is 5.04. The van der Waals surface area contributed by atoms with Gasteiger partial charge in [-0.1, -0.05) is 25.0 Å². The molecule has 0 bridgehead atoms. The number of amides is 1. The molecule has 118 valence electrons. The van der Waals surface area contributed by atoms with E-state index in [1.165, 1.54) is 29.7 Å². The molecule has 1 saturated carbocycles. The van der Waals surface area contributed by atoms with E-state index in [0.717, 1.165) is 34.0 Å². The smallest absolute Gasteiger partial charge is 0.263 e. The second-order valence-corrected chi connectivity index (χ2v) is 7.34. The van der Waals surface area contributed by atoms with Gasteiger partial charge in [0.1, 0.15) is 9.71 Å². The minimum atomic E-state index is -0.0577. The minimum absolute atomic E-state index is 0.0577. The first-order valence-corrected chi connectivity index (χ1v) is 8.84. The van der Waals surface area contributed by atoms with Gasteiger partial charge < -0.3 is 11.1 Å². The molecule has 1 aromatic carbocycles. The summed E-state index contributed by atoms with van der Waals surface area (Å²) in [4.78, 5) is 18.6. The van der Waals surface area contributed by atoms with Gasteiger partial charge in [-0.25, -0.2) is 4.98 Å². The van der Waals surface area contributed by atoms with Gasteiger partial charge in [0.25, 0.3) is 5.91 Å². The third-order valence-corrected chi connectivity index (χ3v) is 5.68. The first kappa shape index (κ1) is 14.5. The fraction of sp³-hybridized carbons (Fsp3) is 0.333. The van der Waals surface area contributed by atoms with Crippen molar-refractivity contribution in [2.45, 2.75) is 38.6 Å². The average Bonchev–Trinajstić information content (AvgIpc) is 3.14. The minimum Gasteiger partial charge on any atom is -0.397 e. The average molecular weight is 325 g/mol. The van der Waals surface area contributed by atoms with Gasteiger partial charge in [-0.05, 0) is 37.5 Å². The number of aromatic nitrogens is 1. The number of pyridine rings is 1. The summed E-state index contributed by atoms with van der Waals surface area (Å²) in [6.45, 7) is 2.05. The number of hydrogen-bond acceptors (Lipinski definition) is 4. The molecule has 0 spiro atoms. The Morgan fingerprint density at radius 2 is 2.09 bits per heavy atom. The molecule has 2 heterocycles. The van der Waals surface area contributed by atoms with E-state index >= 15 is 0 Å². The summed E-state index contributed by atoms with van der Waals surface area (Å²) < 4.78 is 0. The molecular weight excluding hydrogens is 306 g/mol. The van der Waals surface area contributed by atoms with Gasteiger partial charge in [0, 0.05) is 16.8 Å². The second-order valence-electron chi connectivity index (χ2n) is 6.34. The number of thiophene rings is 1. The first-order valence-electron chi connectivity index (χ1n) is 8.02. The predicted octanol–water partition coefficient (Wildman–Crippen LogP) is 4.01. The Labute approximate surface area is 138 Å². The maximum Gasteiger partial charge on any atom is 0.263 e. The quantitative estimate of drug-likeness (QED) is 0.748. The molecule has 1 aliphatic carbocycles. The highest BCUT2D eigenvalue weighted by molar-refractivity contribution is 7.21. The van der Waals surface area contributed by atoms with Crippen LogP contribution in [0.25, 0.3) is 21.1 Å². The molecule has 1 fully saturated rings. The lowest BCUT2D eigenvalue weighted by Crippen LogP contribution is -2.32. The van der Waals surface area contributed by atoms with E-state index in [0.29, 0.717) is 16.6 Å². The lowest BCUT2D eigenvalue weighted by Gasteiger charge is -2.10. The van der Waals surface area contributed by atoms with Gasteiger partial charge in [-0.2, -0.15) is 0 Å². The molecule has 3 N–H and O–H groups in total. The highest BCUT2D eigenvalue weighted by Crippen LogP contribution is 2.35. The number of nitrogens with zero attached hydrogens (tertiary/aromatic N) is 1. The normalized spacial score (nSPS) is 15.5. The number of rotatable bonds is 2. The van der Waals surface area contributed by atoms with Crippen molar-refractivity contribution < 1.29 is 4.79 Å². The Bertz CT molecular complexity index is 909. The largest absolute Gasteiger partial charge is 0.397 e. The van der Waals surface area contributed by atoms with E-state index in [1.54, 1.807) is 0 Å². The summed E-state index contributed by atoms with van der Waals surface area (Å²) in [6.07, 6.45) is 4.52. The number of benzene rings is 1. The van der Waals surface area contributed by atoms with E-state index in [4.69, 9.17) is 10.7 Å². The van der Waals surface area contributed by atoms with Crippen molar-refractivity contribution in [3.63, 3.8) is 0 Å². The van der Waals surface area contributed by atoms with Crippen LogP contribution in [0, 0.1) is 6.92 Å². The number of anilines is 1. The zero-order valence-corrected chi connectivity index (χ0v) is 13.9. The van der Waals surface area contributed by atoms with Gasteiger partial charge in [0.15, 0.2) is 0 Å². The second kappa shape index (κ2) is 5.49. The van der Waals surface area contributed by atoms with E-state index in [-0.39, 0.29) is 5.91 Å². The predicted molar refractivity (Wildman–Crippen MR) is 96.0 cm³/mol. The molecule has 0 saturated heterocycles. The molecule has 5 heteroatoms. The van der Waals surface area contributed by atoms with Crippen LogP contribution in [0.3, 0.4) is 0 Å². The summed E-state index contributed by atoms with van der Waals surface area (Å²) >= 11 is 1.39. The molecule has 1 amide bonds. The van der Waals surface area contributed by atoms with Gasteiger partial charge >= 0.3 is 0 Å². The van der Waals surface area contributed by atoms with Gasteiger partial charge in [0.2, 0.25) is 0 Å². The number of carbonyl (C=O) groups is 1. The van der Waals surface area contributed by atoms with Crippen molar-refractivity contribution in [2.24, 2.45) is 0 Å². The zero-order chi connectivity index (χ0) is 16.0. The van der Waals surface area contributed by atoms with Crippen LogP contribution in [-0.4, -0.2) is 16.9 Å². The monoisotopic (exact) mass is 325 g/mol. The molecule has 1 aliphatic rings. The van der Waals surface area contributed by atoms with Crippen LogP contribution in [0.4, 0.5) is 5.69 Å². The maximum atomic E-state index is 12.5. The number of nitrogen functional groups attached to an aromatic ring is 1. The third-order valence-electron chi connectivity index (χ3n) is 4.57. The molecule has 0 aliphatic heterocycles. The Hall–Kier alpha value is -2.14. The number of nitrogens with one attached hydrogen (secondary N) is 1. The molecule has 23 heavy (non-hydrogen) atoms. The Kier molecular flexibility index (Phi) is 3.45. The van der Waals surface area contributed by atoms with E-state index < -0.39 is 0 Å². The van der Waals surface area contributed by atoms with Crippen molar-refractivity contribution in [3.8, 4) is 0 Å². The summed E-state index contributed by atoms with van der Waals surface area (Å²) in [5.74, 6) is -0.0577. The fourth-order valence-corrected chi connectivity index (χ4v) is 4.28. The number of carbonyl (C=O) groups excluding carboxylic acids is 1. The highest BCUT2D eigenvalue weighted by atomic mass is 32.1. The van der Waals surface area contributed by atoms with Crippen molar-refractivity contribution in [1.29, 1.82) is 0 Å². The van der Waals surface area contributed by atoms with Gasteiger partial charge in [-0.3, -0.25) is 4.79 Å². The number of nitrogens with two attached hydrogens (primary N) is 1. The standard InChI is InChI=1S/C18H19N3OS/c1-10-6-7-11-9-13-15(19)16(23-18(13)21-14(11)8-10)17(22)20-12-4-2-3-5-12/h6-9,12H,2-5,19H2,1H3,(H,20,22). The third kappa shape index (κ3) is 2.55. The Morgan fingerprint density at radius 1 is 1.30 bits per heavy atom. The zero-order valence-electron chi connectivity index (χ0n) is 13.1. The Balaban J connectivity index is 1.76. The van der Waals surface area contributed by atoms with Gasteiger partial charge in [0.05, 0.1) is 11.2 Å². The first-order chi connectivity index (χ1) is 11.1. The molecular formula is C18H19N3OS. The molecule has 0 radical (unpaired) electrons. The Morgan fingerprint density at radius 3 is 2.87 bits per heavy atom. The van der Waals surface area contributed by atoms with Gasteiger partial charge in [-0.15, -0.1) is 11.3 Å². The number of fused-ring (bicyclic) bond motifs is 2. The summed E-state index contributed by atoms with van der Waals surface area (Å²) in [7, 11) is 0. The van der Waals surface area contributed by atoms with E-state index in [1.807, 2.05) is 12.1 Å². The SMILES string of the molecule is Cc1ccc2cc3c(N)c(C(=O)NC4CCCC4)sc3nc2c1. The van der Waals surface area contributed by atoms with Crippen LogP contribution in [0.15, 0.2) is 24.3 Å².